The highest BCUT2D eigenvalue weighted by Crippen LogP contribution is 2.26. The van der Waals surface area contributed by atoms with E-state index in [0.29, 0.717) is 12.0 Å². The first-order valence-corrected chi connectivity index (χ1v) is 8.23. The second-order valence-corrected chi connectivity index (χ2v) is 6.67. The summed E-state index contributed by atoms with van der Waals surface area (Å²) in [5.74, 6) is 1.55. The molecule has 0 saturated carbocycles. The summed E-state index contributed by atoms with van der Waals surface area (Å²) >= 11 is 1.77. The molecule has 0 aliphatic carbocycles. The normalized spacial score (nSPS) is 12.6. The molecule has 114 valence electrons. The molecule has 1 N–H and O–H groups in total. The van der Waals surface area contributed by atoms with Crippen molar-refractivity contribution in [2.75, 3.05) is 18.5 Å². The lowest BCUT2D eigenvalue weighted by Gasteiger charge is -2.24. The molecule has 0 aromatic carbocycles. The van der Waals surface area contributed by atoms with Gasteiger partial charge in [-0.05, 0) is 30.8 Å². The summed E-state index contributed by atoms with van der Waals surface area (Å²) in [5.41, 5.74) is 0.983. The first kappa shape index (κ1) is 15.9. The monoisotopic (exact) mass is 304 g/mol. The van der Waals surface area contributed by atoms with Gasteiger partial charge in [0.2, 0.25) is 0 Å². The number of hydrogen-bond donors (Lipinski definition) is 1. The summed E-state index contributed by atoms with van der Waals surface area (Å²) in [7, 11) is 2.06. The predicted octanol–water partition coefficient (Wildman–Crippen LogP) is 3.48. The molecule has 4 nitrogen and oxygen atoms in total. The van der Waals surface area contributed by atoms with Crippen LogP contribution < -0.4 is 10.2 Å². The zero-order valence-corrected chi connectivity index (χ0v) is 14.0. The Labute approximate surface area is 131 Å². The van der Waals surface area contributed by atoms with Crippen LogP contribution in [0.4, 0.5) is 5.82 Å². The molecule has 0 saturated heterocycles. The lowest BCUT2D eigenvalue weighted by molar-refractivity contribution is 0.547. The van der Waals surface area contributed by atoms with Gasteiger partial charge in [0.1, 0.15) is 5.82 Å². The van der Waals surface area contributed by atoms with Gasteiger partial charge in [-0.1, -0.05) is 19.9 Å². The van der Waals surface area contributed by atoms with Crippen molar-refractivity contribution in [1.29, 1.82) is 0 Å². The lowest BCUT2D eigenvalue weighted by Crippen LogP contribution is -2.23. The number of thiophene rings is 1. The molecule has 0 amide bonds. The van der Waals surface area contributed by atoms with Crippen molar-refractivity contribution in [1.82, 2.24) is 15.3 Å². The second kappa shape index (κ2) is 7.52. The molecule has 0 fully saturated rings. The SMILES string of the molecule is CC(C)CNCc1cnc(N(C)C(C)c2cccs2)cn1. The number of hydrogen-bond acceptors (Lipinski definition) is 5. The molecule has 0 spiro atoms. The molecule has 2 heterocycles. The van der Waals surface area contributed by atoms with Crippen LogP contribution in [-0.2, 0) is 6.54 Å². The Balaban J connectivity index is 1.95. The Bertz CT molecular complexity index is 522. The Morgan fingerprint density at radius 1 is 1.24 bits per heavy atom. The van der Waals surface area contributed by atoms with Crippen LogP contribution in [0.15, 0.2) is 29.9 Å². The molecule has 0 aliphatic heterocycles. The van der Waals surface area contributed by atoms with Crippen LogP contribution in [0, 0.1) is 5.92 Å². The largest absolute Gasteiger partial charge is 0.351 e. The van der Waals surface area contributed by atoms with Crippen LogP contribution >= 0.6 is 11.3 Å². The van der Waals surface area contributed by atoms with E-state index in [2.05, 4.69) is 65.5 Å². The molecule has 0 aliphatic rings. The molecular weight excluding hydrogens is 280 g/mol. The van der Waals surface area contributed by atoms with Gasteiger partial charge in [-0.25, -0.2) is 4.98 Å². The summed E-state index contributed by atoms with van der Waals surface area (Å²) in [5, 5.41) is 5.49. The highest BCUT2D eigenvalue weighted by molar-refractivity contribution is 7.10. The third kappa shape index (κ3) is 4.51. The Kier molecular flexibility index (Phi) is 5.70. The first-order valence-electron chi connectivity index (χ1n) is 7.35. The van der Waals surface area contributed by atoms with Crippen molar-refractivity contribution >= 4 is 17.2 Å². The van der Waals surface area contributed by atoms with Gasteiger partial charge < -0.3 is 10.2 Å². The van der Waals surface area contributed by atoms with Crippen LogP contribution in [0.5, 0.6) is 0 Å². The Hall–Kier alpha value is -1.46. The van der Waals surface area contributed by atoms with E-state index in [1.807, 2.05) is 12.4 Å². The highest BCUT2D eigenvalue weighted by atomic mass is 32.1. The zero-order chi connectivity index (χ0) is 15.2. The van der Waals surface area contributed by atoms with E-state index < -0.39 is 0 Å². The fourth-order valence-corrected chi connectivity index (χ4v) is 2.86. The number of nitrogens with one attached hydrogen (secondary N) is 1. The second-order valence-electron chi connectivity index (χ2n) is 5.69. The minimum atomic E-state index is 0.309. The first-order chi connectivity index (χ1) is 10.1. The van der Waals surface area contributed by atoms with Crippen molar-refractivity contribution in [3.05, 3.63) is 40.5 Å². The number of nitrogens with zero attached hydrogens (tertiary/aromatic N) is 3. The van der Waals surface area contributed by atoms with E-state index in [4.69, 9.17) is 0 Å². The molecule has 1 unspecified atom stereocenters. The van der Waals surface area contributed by atoms with Crippen molar-refractivity contribution in [2.45, 2.75) is 33.4 Å². The molecule has 0 radical (unpaired) electrons. The van der Waals surface area contributed by atoms with Crippen LogP contribution in [-0.4, -0.2) is 23.6 Å². The van der Waals surface area contributed by atoms with Crippen LogP contribution in [0.2, 0.25) is 0 Å². The maximum atomic E-state index is 4.54. The molecule has 21 heavy (non-hydrogen) atoms. The fourth-order valence-electron chi connectivity index (χ4n) is 2.03. The van der Waals surface area contributed by atoms with Crippen LogP contribution in [0.1, 0.15) is 37.4 Å². The lowest BCUT2D eigenvalue weighted by atomic mass is 10.2. The molecule has 0 bridgehead atoms. The molecular formula is C16H24N4S. The molecule has 2 rings (SSSR count). The maximum Gasteiger partial charge on any atom is 0.147 e. The minimum Gasteiger partial charge on any atom is -0.351 e. The van der Waals surface area contributed by atoms with Crippen LogP contribution in [0.25, 0.3) is 0 Å². The van der Waals surface area contributed by atoms with Crippen molar-refractivity contribution < 1.29 is 0 Å². The summed E-state index contributed by atoms with van der Waals surface area (Å²) in [6.07, 6.45) is 3.72. The smallest absolute Gasteiger partial charge is 0.147 e. The summed E-state index contributed by atoms with van der Waals surface area (Å²) in [4.78, 5) is 12.5. The quantitative estimate of drug-likeness (QED) is 0.850. The van der Waals surface area contributed by atoms with Gasteiger partial charge in [0, 0.05) is 18.5 Å². The number of anilines is 1. The standard InChI is InChI=1S/C16H24N4S/c1-12(2)8-17-9-14-10-19-16(11-18-14)20(4)13(3)15-6-5-7-21-15/h5-7,10-13,17H,8-9H2,1-4H3. The third-order valence-corrected chi connectivity index (χ3v) is 4.49. The number of aromatic nitrogens is 2. The molecule has 2 aromatic rings. The zero-order valence-electron chi connectivity index (χ0n) is 13.2. The molecule has 5 heteroatoms. The van der Waals surface area contributed by atoms with Gasteiger partial charge in [0.05, 0.1) is 24.1 Å². The van der Waals surface area contributed by atoms with E-state index in [0.717, 1.165) is 24.6 Å². The van der Waals surface area contributed by atoms with Gasteiger partial charge in [-0.3, -0.25) is 4.98 Å². The van der Waals surface area contributed by atoms with Crippen molar-refractivity contribution in [3.8, 4) is 0 Å². The van der Waals surface area contributed by atoms with E-state index in [1.165, 1.54) is 4.88 Å². The van der Waals surface area contributed by atoms with E-state index in [1.54, 1.807) is 11.3 Å². The predicted molar refractivity (Wildman–Crippen MR) is 89.7 cm³/mol. The molecule has 2 aromatic heterocycles. The van der Waals surface area contributed by atoms with Crippen molar-refractivity contribution in [3.63, 3.8) is 0 Å². The van der Waals surface area contributed by atoms with E-state index >= 15 is 0 Å². The average Bonchev–Trinajstić information content (AvgIpc) is 3.00. The van der Waals surface area contributed by atoms with Gasteiger partial charge in [-0.2, -0.15) is 0 Å². The Morgan fingerprint density at radius 2 is 2.05 bits per heavy atom. The summed E-state index contributed by atoms with van der Waals surface area (Å²) < 4.78 is 0. The number of rotatable bonds is 7. The maximum absolute atomic E-state index is 4.54. The van der Waals surface area contributed by atoms with Crippen molar-refractivity contribution in [2.24, 2.45) is 5.92 Å². The van der Waals surface area contributed by atoms with Gasteiger partial charge in [0.25, 0.3) is 0 Å². The average molecular weight is 304 g/mol. The summed E-state index contributed by atoms with van der Waals surface area (Å²) in [6, 6.07) is 4.55. The highest BCUT2D eigenvalue weighted by Gasteiger charge is 2.14. The van der Waals surface area contributed by atoms with Gasteiger partial charge >= 0.3 is 0 Å². The fraction of sp³-hybridized carbons (Fsp3) is 0.500. The van der Waals surface area contributed by atoms with E-state index in [-0.39, 0.29) is 0 Å². The topological polar surface area (TPSA) is 41.1 Å². The van der Waals surface area contributed by atoms with Crippen LogP contribution in [0.3, 0.4) is 0 Å². The third-order valence-electron chi connectivity index (χ3n) is 3.45. The molecule has 1 atom stereocenters. The Morgan fingerprint density at radius 3 is 2.62 bits per heavy atom. The summed E-state index contributed by atoms with van der Waals surface area (Å²) in [6.45, 7) is 8.35. The van der Waals surface area contributed by atoms with E-state index in [9.17, 15) is 0 Å². The van der Waals surface area contributed by atoms with Gasteiger partial charge in [-0.15, -0.1) is 11.3 Å². The minimum absolute atomic E-state index is 0.309. The van der Waals surface area contributed by atoms with Gasteiger partial charge in [0.15, 0.2) is 0 Å².